The first-order chi connectivity index (χ1) is 6.09. The molecule has 1 aliphatic heterocycles. The molecule has 0 aromatic carbocycles. The Hall–Kier alpha value is -0.610. The van der Waals surface area contributed by atoms with Crippen molar-refractivity contribution < 1.29 is 14.6 Å². The predicted molar refractivity (Wildman–Crippen MR) is 48.3 cm³/mol. The molecule has 3 unspecified atom stereocenters. The van der Waals surface area contributed by atoms with Gasteiger partial charge in [-0.3, -0.25) is 9.69 Å². The van der Waals surface area contributed by atoms with Crippen molar-refractivity contribution in [1.29, 1.82) is 0 Å². The predicted octanol–water partition coefficient (Wildman–Crippen LogP) is 0.00460. The maximum absolute atomic E-state index is 11.0. The molecule has 0 aliphatic carbocycles. The van der Waals surface area contributed by atoms with Crippen molar-refractivity contribution in [3.8, 4) is 0 Å². The molecule has 0 aromatic rings. The number of carbonyl (C=O) groups excluding carboxylic acids is 1. The van der Waals surface area contributed by atoms with Crippen LogP contribution in [0.1, 0.15) is 20.3 Å². The number of aliphatic hydroxyl groups is 1. The third-order valence-corrected chi connectivity index (χ3v) is 2.08. The van der Waals surface area contributed by atoms with E-state index in [1.165, 1.54) is 0 Å². The minimum absolute atomic E-state index is 0.106. The van der Waals surface area contributed by atoms with Gasteiger partial charge in [0, 0.05) is 19.1 Å². The number of aliphatic hydroxyl groups excluding tert-OH is 1. The van der Waals surface area contributed by atoms with E-state index in [2.05, 4.69) is 11.8 Å². The summed E-state index contributed by atoms with van der Waals surface area (Å²) >= 11 is 0. The van der Waals surface area contributed by atoms with Gasteiger partial charge >= 0.3 is 5.97 Å². The zero-order valence-corrected chi connectivity index (χ0v) is 8.19. The molecule has 4 heteroatoms. The molecule has 3 atom stereocenters. The number of carbonyl (C=O) groups is 1. The van der Waals surface area contributed by atoms with Gasteiger partial charge in [-0.25, -0.2) is 0 Å². The number of ether oxygens (including phenoxy) is 1. The van der Waals surface area contributed by atoms with Crippen LogP contribution in [0.4, 0.5) is 0 Å². The van der Waals surface area contributed by atoms with Gasteiger partial charge in [-0.1, -0.05) is 0 Å². The maximum Gasteiger partial charge on any atom is 0.307 e. The average Bonchev–Trinajstić information content (AvgIpc) is 2.75. The molecule has 1 fully saturated rings. The maximum atomic E-state index is 11.0. The molecule has 1 aliphatic rings. The minimum atomic E-state index is -0.566. The second-order valence-electron chi connectivity index (χ2n) is 3.63. The summed E-state index contributed by atoms with van der Waals surface area (Å²) in [6, 6.07) is 0.629. The van der Waals surface area contributed by atoms with Gasteiger partial charge < -0.3 is 9.84 Å². The Morgan fingerprint density at radius 1 is 1.77 bits per heavy atom. The van der Waals surface area contributed by atoms with Crippen molar-refractivity contribution in [3.05, 3.63) is 0 Å². The van der Waals surface area contributed by atoms with Gasteiger partial charge in [0.2, 0.25) is 0 Å². The van der Waals surface area contributed by atoms with Gasteiger partial charge in [0.1, 0.15) is 6.61 Å². The summed E-state index contributed by atoms with van der Waals surface area (Å²) in [6.07, 6.45) is -0.138. The van der Waals surface area contributed by atoms with Crippen LogP contribution in [0.25, 0.3) is 0 Å². The van der Waals surface area contributed by atoms with Crippen molar-refractivity contribution in [2.45, 2.75) is 32.4 Å². The molecule has 4 nitrogen and oxygen atoms in total. The Morgan fingerprint density at radius 3 is 2.85 bits per heavy atom. The lowest BCUT2D eigenvalue weighted by Crippen LogP contribution is -2.17. The molecular formula is C9H17NO3. The Balaban J connectivity index is 1.98. The Labute approximate surface area is 78.5 Å². The molecule has 0 spiro atoms. The van der Waals surface area contributed by atoms with Crippen molar-refractivity contribution >= 4 is 5.97 Å². The standard InChI is InChI=1S/C9H17NO3/c1-7-5-10(7)4-3-9(12)13-6-8(2)11/h7-8,11H,3-6H2,1-2H3. The molecule has 0 saturated carbocycles. The molecule has 0 amide bonds. The van der Waals surface area contributed by atoms with Crippen molar-refractivity contribution in [3.63, 3.8) is 0 Å². The molecule has 0 aromatic heterocycles. The quantitative estimate of drug-likeness (QED) is 0.486. The van der Waals surface area contributed by atoms with Gasteiger partial charge in [-0.2, -0.15) is 0 Å². The molecule has 1 heterocycles. The molecule has 0 bridgehead atoms. The summed E-state index contributed by atoms with van der Waals surface area (Å²) in [5.74, 6) is -0.222. The number of hydrogen-bond donors (Lipinski definition) is 1. The molecular weight excluding hydrogens is 170 g/mol. The Bertz CT molecular complexity index is 182. The molecule has 76 valence electrons. The van der Waals surface area contributed by atoms with Crippen molar-refractivity contribution in [2.24, 2.45) is 0 Å². The van der Waals surface area contributed by atoms with Crippen LogP contribution < -0.4 is 0 Å². The highest BCUT2D eigenvalue weighted by Gasteiger charge is 2.28. The van der Waals surface area contributed by atoms with E-state index in [1.807, 2.05) is 0 Å². The van der Waals surface area contributed by atoms with E-state index in [0.717, 1.165) is 13.1 Å². The fourth-order valence-electron chi connectivity index (χ4n) is 1.12. The van der Waals surface area contributed by atoms with Gasteiger partial charge in [-0.05, 0) is 13.8 Å². The van der Waals surface area contributed by atoms with Crippen molar-refractivity contribution in [2.75, 3.05) is 19.7 Å². The normalized spacial score (nSPS) is 28.2. The summed E-state index contributed by atoms with van der Waals surface area (Å²) in [7, 11) is 0. The van der Waals surface area contributed by atoms with Gasteiger partial charge in [0.15, 0.2) is 0 Å². The van der Waals surface area contributed by atoms with E-state index in [1.54, 1.807) is 6.92 Å². The van der Waals surface area contributed by atoms with Crippen LogP contribution in [0.2, 0.25) is 0 Å². The van der Waals surface area contributed by atoms with Crippen LogP contribution >= 0.6 is 0 Å². The largest absolute Gasteiger partial charge is 0.463 e. The third-order valence-electron chi connectivity index (χ3n) is 2.08. The van der Waals surface area contributed by atoms with Crippen LogP contribution in [-0.2, 0) is 9.53 Å². The number of rotatable bonds is 5. The van der Waals surface area contributed by atoms with Crippen LogP contribution in [0.15, 0.2) is 0 Å². The highest BCUT2D eigenvalue weighted by atomic mass is 16.5. The molecule has 0 radical (unpaired) electrons. The Kier molecular flexibility index (Phi) is 3.69. The fourth-order valence-corrected chi connectivity index (χ4v) is 1.12. The summed E-state index contributed by atoms with van der Waals surface area (Å²) in [5.41, 5.74) is 0. The minimum Gasteiger partial charge on any atom is -0.463 e. The van der Waals surface area contributed by atoms with E-state index in [0.29, 0.717) is 12.5 Å². The topological polar surface area (TPSA) is 49.5 Å². The van der Waals surface area contributed by atoms with Crippen molar-refractivity contribution in [1.82, 2.24) is 4.90 Å². The zero-order valence-electron chi connectivity index (χ0n) is 8.19. The SMILES string of the molecule is CC(O)COC(=O)CCN1CC1C. The summed E-state index contributed by atoms with van der Waals surface area (Å²) < 4.78 is 4.80. The molecule has 1 rings (SSSR count). The summed E-state index contributed by atoms with van der Waals surface area (Å²) in [6.45, 7) is 5.69. The monoisotopic (exact) mass is 187 g/mol. The van der Waals surface area contributed by atoms with E-state index in [9.17, 15) is 4.79 Å². The highest BCUT2D eigenvalue weighted by Crippen LogP contribution is 2.15. The summed E-state index contributed by atoms with van der Waals surface area (Å²) in [4.78, 5) is 13.2. The van der Waals surface area contributed by atoms with Crippen LogP contribution in [0, 0.1) is 0 Å². The highest BCUT2D eigenvalue weighted by molar-refractivity contribution is 5.69. The lowest BCUT2D eigenvalue weighted by molar-refractivity contribution is -0.146. The van der Waals surface area contributed by atoms with Gasteiger partial charge in [-0.15, -0.1) is 0 Å². The van der Waals surface area contributed by atoms with E-state index >= 15 is 0 Å². The first-order valence-corrected chi connectivity index (χ1v) is 4.67. The zero-order chi connectivity index (χ0) is 9.84. The lowest BCUT2D eigenvalue weighted by Gasteiger charge is -2.06. The molecule has 1 saturated heterocycles. The van der Waals surface area contributed by atoms with E-state index < -0.39 is 6.10 Å². The van der Waals surface area contributed by atoms with Crippen LogP contribution in [-0.4, -0.2) is 47.8 Å². The van der Waals surface area contributed by atoms with E-state index in [-0.39, 0.29) is 12.6 Å². The smallest absolute Gasteiger partial charge is 0.307 e. The Morgan fingerprint density at radius 2 is 2.38 bits per heavy atom. The van der Waals surface area contributed by atoms with Crippen LogP contribution in [0.3, 0.4) is 0 Å². The fraction of sp³-hybridized carbons (Fsp3) is 0.889. The third kappa shape index (κ3) is 4.24. The average molecular weight is 187 g/mol. The number of esters is 1. The number of hydrogen-bond acceptors (Lipinski definition) is 4. The first kappa shape index (κ1) is 10.5. The first-order valence-electron chi connectivity index (χ1n) is 4.67. The van der Waals surface area contributed by atoms with E-state index in [4.69, 9.17) is 9.84 Å². The van der Waals surface area contributed by atoms with Gasteiger partial charge in [0.25, 0.3) is 0 Å². The summed E-state index contributed by atoms with van der Waals surface area (Å²) in [5, 5.41) is 8.85. The second-order valence-corrected chi connectivity index (χ2v) is 3.63. The van der Waals surface area contributed by atoms with Crippen LogP contribution in [0.5, 0.6) is 0 Å². The van der Waals surface area contributed by atoms with Gasteiger partial charge in [0.05, 0.1) is 12.5 Å². The number of nitrogens with zero attached hydrogens (tertiary/aromatic N) is 1. The second kappa shape index (κ2) is 4.58. The lowest BCUT2D eigenvalue weighted by atomic mass is 10.4. The molecule has 1 N–H and O–H groups in total. The molecule has 13 heavy (non-hydrogen) atoms.